The monoisotopic (exact) mass is 541 g/mol. The third-order valence-electron chi connectivity index (χ3n) is 5.24. The van der Waals surface area contributed by atoms with Gasteiger partial charge in [0.05, 0.1) is 32.5 Å². The molecular weight excluding hydrogens is 509 g/mol. The quantitative estimate of drug-likeness (QED) is 0.263. The number of aliphatic hydroxyl groups excluding tert-OH is 2. The SMILES string of the molecule is COc1ncc([C@@H]2O[C@H](CO[P@@](=O)(N[C@@H](C)C(=O)OC(C)C)Oc3ccccc3)[C@@H](O)[C@H]2O)c(OC)n1. The fraction of sp³-hybridized carbons (Fsp3) is 0.522. The molecule has 0 aliphatic carbocycles. The Hall–Kier alpha value is -2.80. The summed E-state index contributed by atoms with van der Waals surface area (Å²) in [6.45, 7) is 4.36. The molecule has 14 heteroatoms. The summed E-state index contributed by atoms with van der Waals surface area (Å²) in [7, 11) is -1.44. The summed E-state index contributed by atoms with van der Waals surface area (Å²) >= 11 is 0. The van der Waals surface area contributed by atoms with Crippen LogP contribution in [0.25, 0.3) is 0 Å². The summed E-state index contributed by atoms with van der Waals surface area (Å²) in [5.41, 5.74) is 0.268. The lowest BCUT2D eigenvalue weighted by Gasteiger charge is -2.25. The van der Waals surface area contributed by atoms with Gasteiger partial charge in [-0.1, -0.05) is 18.2 Å². The molecule has 37 heavy (non-hydrogen) atoms. The number of para-hydroxylation sites is 1. The van der Waals surface area contributed by atoms with Crippen LogP contribution in [0.3, 0.4) is 0 Å². The maximum Gasteiger partial charge on any atom is 0.459 e. The Kier molecular flexibility index (Phi) is 9.82. The van der Waals surface area contributed by atoms with Crippen LogP contribution in [0.15, 0.2) is 36.5 Å². The fourth-order valence-corrected chi connectivity index (χ4v) is 4.97. The lowest BCUT2D eigenvalue weighted by molar-refractivity contribution is -0.149. The Bertz CT molecular complexity index is 1090. The average molecular weight is 541 g/mol. The number of aliphatic hydroxyl groups is 2. The van der Waals surface area contributed by atoms with Crippen molar-refractivity contribution in [2.45, 2.75) is 57.3 Å². The number of carbonyl (C=O) groups excluding carboxylic acids is 1. The summed E-state index contributed by atoms with van der Waals surface area (Å²) < 4.78 is 46.0. The minimum atomic E-state index is -4.20. The first-order chi connectivity index (χ1) is 17.6. The number of hydrogen-bond acceptors (Lipinski definition) is 12. The summed E-state index contributed by atoms with van der Waals surface area (Å²) in [6.07, 6.45) is -4.06. The Labute approximate surface area is 214 Å². The van der Waals surface area contributed by atoms with E-state index in [4.69, 9.17) is 28.0 Å². The smallest absolute Gasteiger partial charge is 0.459 e. The van der Waals surface area contributed by atoms with E-state index < -0.39 is 50.8 Å². The third-order valence-corrected chi connectivity index (χ3v) is 6.88. The summed E-state index contributed by atoms with van der Waals surface area (Å²) in [4.78, 5) is 20.4. The van der Waals surface area contributed by atoms with Gasteiger partial charge in [0, 0.05) is 6.20 Å². The molecule has 0 spiro atoms. The normalized spacial score (nSPS) is 23.8. The number of carbonyl (C=O) groups is 1. The number of rotatable bonds is 12. The Morgan fingerprint density at radius 1 is 1.14 bits per heavy atom. The van der Waals surface area contributed by atoms with E-state index in [1.807, 2.05) is 0 Å². The second kappa shape index (κ2) is 12.6. The van der Waals surface area contributed by atoms with Gasteiger partial charge in [-0.3, -0.25) is 9.32 Å². The van der Waals surface area contributed by atoms with Crippen molar-refractivity contribution in [1.29, 1.82) is 0 Å². The van der Waals surface area contributed by atoms with Crippen molar-refractivity contribution in [3.8, 4) is 17.6 Å². The lowest BCUT2D eigenvalue weighted by Crippen LogP contribution is -2.38. The number of hydrogen-bond donors (Lipinski definition) is 3. The van der Waals surface area contributed by atoms with Crippen LogP contribution < -0.4 is 19.1 Å². The number of aromatic nitrogens is 2. The highest BCUT2D eigenvalue weighted by Crippen LogP contribution is 2.46. The zero-order chi connectivity index (χ0) is 27.2. The van der Waals surface area contributed by atoms with Crippen LogP contribution >= 0.6 is 7.75 Å². The number of benzene rings is 1. The average Bonchev–Trinajstić information content (AvgIpc) is 3.15. The van der Waals surface area contributed by atoms with Gasteiger partial charge in [0.2, 0.25) is 5.88 Å². The zero-order valence-electron chi connectivity index (χ0n) is 21.1. The highest BCUT2D eigenvalue weighted by Gasteiger charge is 2.46. The van der Waals surface area contributed by atoms with Crippen molar-refractivity contribution in [2.24, 2.45) is 0 Å². The van der Waals surface area contributed by atoms with Crippen LogP contribution in [0, 0.1) is 0 Å². The minimum absolute atomic E-state index is 0.0451. The molecule has 2 aromatic rings. The van der Waals surface area contributed by atoms with E-state index in [0.717, 1.165) is 0 Å². The van der Waals surface area contributed by atoms with E-state index in [-0.39, 0.29) is 29.3 Å². The molecule has 1 aromatic carbocycles. The van der Waals surface area contributed by atoms with Gasteiger partial charge in [0.15, 0.2) is 0 Å². The molecule has 13 nitrogen and oxygen atoms in total. The van der Waals surface area contributed by atoms with Crippen LogP contribution in [0.2, 0.25) is 0 Å². The van der Waals surface area contributed by atoms with Gasteiger partial charge in [-0.2, -0.15) is 10.1 Å². The summed E-state index contributed by atoms with van der Waals surface area (Å²) in [5, 5.41) is 23.8. The van der Waals surface area contributed by atoms with Crippen LogP contribution in [-0.2, 0) is 23.4 Å². The first kappa shape index (κ1) is 28.8. The van der Waals surface area contributed by atoms with Crippen molar-refractivity contribution in [3.05, 3.63) is 42.1 Å². The highest BCUT2D eigenvalue weighted by molar-refractivity contribution is 7.52. The molecule has 1 aliphatic heterocycles. The zero-order valence-corrected chi connectivity index (χ0v) is 22.0. The molecule has 0 radical (unpaired) electrons. The van der Waals surface area contributed by atoms with Crippen molar-refractivity contribution < 1.29 is 47.6 Å². The van der Waals surface area contributed by atoms with Crippen molar-refractivity contribution in [1.82, 2.24) is 15.1 Å². The van der Waals surface area contributed by atoms with Gasteiger partial charge in [0.1, 0.15) is 36.2 Å². The molecule has 204 valence electrons. The van der Waals surface area contributed by atoms with E-state index in [0.29, 0.717) is 0 Å². The van der Waals surface area contributed by atoms with E-state index in [1.165, 1.54) is 27.3 Å². The first-order valence-corrected chi connectivity index (χ1v) is 13.0. The highest BCUT2D eigenvalue weighted by atomic mass is 31.2. The van der Waals surface area contributed by atoms with Crippen LogP contribution in [-0.4, -0.2) is 77.4 Å². The predicted molar refractivity (Wildman–Crippen MR) is 129 cm³/mol. The molecule has 0 unspecified atom stereocenters. The van der Waals surface area contributed by atoms with E-state index in [9.17, 15) is 19.6 Å². The maximum absolute atomic E-state index is 13.6. The van der Waals surface area contributed by atoms with Crippen LogP contribution in [0.4, 0.5) is 0 Å². The largest absolute Gasteiger partial charge is 0.481 e. The van der Waals surface area contributed by atoms with Crippen molar-refractivity contribution >= 4 is 13.7 Å². The Balaban J connectivity index is 1.76. The molecule has 1 aromatic heterocycles. The molecule has 3 rings (SSSR count). The van der Waals surface area contributed by atoms with E-state index in [2.05, 4.69) is 15.1 Å². The number of nitrogens with one attached hydrogen (secondary N) is 1. The molecule has 0 saturated carbocycles. The van der Waals surface area contributed by atoms with E-state index >= 15 is 0 Å². The van der Waals surface area contributed by atoms with Gasteiger partial charge < -0.3 is 33.7 Å². The molecule has 2 heterocycles. The Morgan fingerprint density at radius 3 is 2.46 bits per heavy atom. The fourth-order valence-electron chi connectivity index (χ4n) is 3.47. The van der Waals surface area contributed by atoms with Crippen molar-refractivity contribution in [2.75, 3.05) is 20.8 Å². The van der Waals surface area contributed by atoms with Gasteiger partial charge in [-0.25, -0.2) is 9.55 Å². The topological polar surface area (TPSA) is 168 Å². The molecule has 3 N–H and O–H groups in total. The summed E-state index contributed by atoms with van der Waals surface area (Å²) in [5.74, 6) is -0.356. The standard InChI is InChI=1S/C23H32N3O10P/c1-13(2)34-22(29)14(3)26-37(30,36-15-9-7-6-8-10-15)33-12-17-18(27)19(28)20(35-17)16-11-24-23(32-5)25-21(16)31-4/h6-11,13-14,17-20,27-28H,12H2,1-5H3,(H,26,30)/t14-,17+,18+,19+,20-,37-/m0/s1. The van der Waals surface area contributed by atoms with E-state index in [1.54, 1.807) is 44.2 Å². The molecule has 1 aliphatic rings. The Morgan fingerprint density at radius 2 is 1.84 bits per heavy atom. The van der Waals surface area contributed by atoms with Gasteiger partial charge in [-0.15, -0.1) is 0 Å². The summed E-state index contributed by atoms with van der Waals surface area (Å²) in [6, 6.07) is 7.21. The van der Waals surface area contributed by atoms with Gasteiger partial charge in [0.25, 0.3) is 0 Å². The predicted octanol–water partition coefficient (Wildman–Crippen LogP) is 1.79. The minimum Gasteiger partial charge on any atom is -0.481 e. The molecule has 1 fully saturated rings. The number of esters is 1. The van der Waals surface area contributed by atoms with Crippen LogP contribution in [0.5, 0.6) is 17.6 Å². The molecule has 0 bridgehead atoms. The third kappa shape index (κ3) is 7.37. The number of methoxy groups -OCH3 is 2. The molecular formula is C23H32N3O10P. The molecule has 0 amide bonds. The second-order valence-corrected chi connectivity index (χ2v) is 10.1. The van der Waals surface area contributed by atoms with Gasteiger partial charge >= 0.3 is 19.7 Å². The molecule has 1 saturated heterocycles. The molecule has 6 atom stereocenters. The van der Waals surface area contributed by atoms with Crippen molar-refractivity contribution in [3.63, 3.8) is 0 Å². The maximum atomic E-state index is 13.6. The van der Waals surface area contributed by atoms with Gasteiger partial charge in [-0.05, 0) is 32.9 Å². The second-order valence-electron chi connectivity index (χ2n) is 8.43. The number of ether oxygens (including phenoxy) is 4. The van der Waals surface area contributed by atoms with Crippen LogP contribution in [0.1, 0.15) is 32.4 Å². The lowest BCUT2D eigenvalue weighted by atomic mass is 10.0. The first-order valence-electron chi connectivity index (χ1n) is 11.5. The number of nitrogens with zero attached hydrogens (tertiary/aromatic N) is 2.